The molecule has 0 aliphatic carbocycles. The number of carbonyl (C=O) groups excluding carboxylic acids is 1. The second-order valence-corrected chi connectivity index (χ2v) is 5.77. The molecule has 0 aromatic heterocycles. The molecule has 3 rings (SSSR count). The molecule has 25 heavy (non-hydrogen) atoms. The summed E-state index contributed by atoms with van der Waals surface area (Å²) in [4.78, 5) is 14.6. The predicted octanol–water partition coefficient (Wildman–Crippen LogP) is 4.44. The first-order valence-electron chi connectivity index (χ1n) is 7.93. The second kappa shape index (κ2) is 7.04. The van der Waals surface area contributed by atoms with Gasteiger partial charge in [-0.25, -0.2) is 0 Å². The lowest BCUT2D eigenvalue weighted by Gasteiger charge is -2.18. The Balaban J connectivity index is 1.66. The van der Waals surface area contributed by atoms with Crippen molar-refractivity contribution in [2.75, 3.05) is 23.3 Å². The number of ether oxygens (including phenoxy) is 1. The average Bonchev–Trinajstić information content (AvgIpc) is 3.10. The van der Waals surface area contributed by atoms with Gasteiger partial charge in [0.25, 0.3) is 5.91 Å². The molecule has 1 N–H and O–H groups in total. The number of hydrogen-bond donors (Lipinski definition) is 1. The van der Waals surface area contributed by atoms with Gasteiger partial charge in [-0.15, -0.1) is 13.2 Å². The van der Waals surface area contributed by atoms with Gasteiger partial charge in [0.1, 0.15) is 5.75 Å². The van der Waals surface area contributed by atoms with Crippen LogP contribution in [-0.4, -0.2) is 25.4 Å². The van der Waals surface area contributed by atoms with E-state index >= 15 is 0 Å². The molecule has 2 aromatic carbocycles. The molecule has 0 unspecified atom stereocenters. The minimum Gasteiger partial charge on any atom is -0.406 e. The van der Waals surface area contributed by atoms with Gasteiger partial charge in [0.05, 0.1) is 0 Å². The van der Waals surface area contributed by atoms with Crippen LogP contribution in [0.5, 0.6) is 5.75 Å². The van der Waals surface area contributed by atoms with E-state index in [9.17, 15) is 18.0 Å². The summed E-state index contributed by atoms with van der Waals surface area (Å²) in [6.45, 7) is 1.96. The quantitative estimate of drug-likeness (QED) is 0.886. The van der Waals surface area contributed by atoms with Crippen LogP contribution in [0.1, 0.15) is 23.2 Å². The zero-order chi connectivity index (χ0) is 17.9. The summed E-state index contributed by atoms with van der Waals surface area (Å²) < 4.78 is 40.2. The predicted molar refractivity (Wildman–Crippen MR) is 89.0 cm³/mol. The lowest BCUT2D eigenvalue weighted by molar-refractivity contribution is -0.274. The maximum atomic E-state index is 12.4. The van der Waals surface area contributed by atoms with Crippen LogP contribution < -0.4 is 15.0 Å². The van der Waals surface area contributed by atoms with Crippen LogP contribution in [-0.2, 0) is 0 Å². The highest BCUT2D eigenvalue weighted by atomic mass is 19.4. The van der Waals surface area contributed by atoms with Crippen LogP contribution in [0.3, 0.4) is 0 Å². The van der Waals surface area contributed by atoms with Gasteiger partial charge in [-0.1, -0.05) is 6.07 Å². The first-order chi connectivity index (χ1) is 11.9. The standard InChI is InChI=1S/C18H17F3N2O2/c19-18(20,21)25-16-8-6-14(7-9-16)22-17(24)13-4-3-5-15(12-13)23-10-1-2-11-23/h3-9,12H,1-2,10-11H2,(H,22,24). The van der Waals surface area contributed by atoms with E-state index in [4.69, 9.17) is 0 Å². The van der Waals surface area contributed by atoms with E-state index in [1.807, 2.05) is 18.2 Å². The Morgan fingerprint density at radius 3 is 2.36 bits per heavy atom. The number of benzene rings is 2. The topological polar surface area (TPSA) is 41.6 Å². The normalized spacial score (nSPS) is 14.4. The molecule has 1 saturated heterocycles. The van der Waals surface area contributed by atoms with E-state index in [-0.39, 0.29) is 11.7 Å². The van der Waals surface area contributed by atoms with Gasteiger partial charge in [-0.05, 0) is 55.3 Å². The number of hydrogen-bond acceptors (Lipinski definition) is 3. The monoisotopic (exact) mass is 350 g/mol. The first-order valence-corrected chi connectivity index (χ1v) is 7.93. The van der Waals surface area contributed by atoms with Gasteiger partial charge in [-0.3, -0.25) is 4.79 Å². The summed E-state index contributed by atoms with van der Waals surface area (Å²) in [5, 5.41) is 2.67. The molecule has 1 fully saturated rings. The van der Waals surface area contributed by atoms with Crippen molar-refractivity contribution in [2.24, 2.45) is 0 Å². The van der Waals surface area contributed by atoms with E-state index in [1.165, 1.54) is 12.1 Å². The minimum atomic E-state index is -4.74. The summed E-state index contributed by atoms with van der Waals surface area (Å²) in [6, 6.07) is 12.4. The summed E-state index contributed by atoms with van der Waals surface area (Å²) >= 11 is 0. The zero-order valence-corrected chi connectivity index (χ0v) is 13.3. The average molecular weight is 350 g/mol. The molecule has 4 nitrogen and oxygen atoms in total. The molecule has 132 valence electrons. The van der Waals surface area contributed by atoms with Crippen molar-refractivity contribution in [3.8, 4) is 5.75 Å². The first kappa shape index (κ1) is 17.1. The molecule has 1 aliphatic rings. The lowest BCUT2D eigenvalue weighted by Crippen LogP contribution is -2.19. The van der Waals surface area contributed by atoms with Crippen LogP contribution in [0.15, 0.2) is 48.5 Å². The number of halogens is 3. The maximum absolute atomic E-state index is 12.4. The van der Waals surface area contributed by atoms with Crippen molar-refractivity contribution >= 4 is 17.3 Å². The number of nitrogens with zero attached hydrogens (tertiary/aromatic N) is 1. The van der Waals surface area contributed by atoms with Crippen LogP contribution in [0.4, 0.5) is 24.5 Å². The van der Waals surface area contributed by atoms with Gasteiger partial charge in [0.15, 0.2) is 0 Å². The van der Waals surface area contributed by atoms with Crippen molar-refractivity contribution in [3.05, 3.63) is 54.1 Å². The Kier molecular flexibility index (Phi) is 4.83. The number of rotatable bonds is 4. The third-order valence-electron chi connectivity index (χ3n) is 3.93. The fraction of sp³-hybridized carbons (Fsp3) is 0.278. The van der Waals surface area contributed by atoms with Crippen LogP contribution in [0.25, 0.3) is 0 Å². The number of alkyl halides is 3. The summed E-state index contributed by atoms with van der Waals surface area (Å²) in [5.74, 6) is -0.646. The van der Waals surface area contributed by atoms with E-state index < -0.39 is 6.36 Å². The molecule has 0 bridgehead atoms. The maximum Gasteiger partial charge on any atom is 0.573 e. The van der Waals surface area contributed by atoms with Crippen molar-refractivity contribution < 1.29 is 22.7 Å². The number of anilines is 2. The SMILES string of the molecule is O=C(Nc1ccc(OC(F)(F)F)cc1)c1cccc(N2CCCC2)c1. The summed E-state index contributed by atoms with van der Waals surface area (Å²) in [5.41, 5.74) is 1.89. The molecule has 0 atom stereocenters. The van der Waals surface area contributed by atoms with Gasteiger partial charge < -0.3 is 15.0 Å². The number of nitrogens with one attached hydrogen (secondary N) is 1. The van der Waals surface area contributed by atoms with Gasteiger partial charge in [0.2, 0.25) is 0 Å². The van der Waals surface area contributed by atoms with E-state index in [2.05, 4.69) is 15.0 Å². The molecule has 2 aromatic rings. The van der Waals surface area contributed by atoms with Gasteiger partial charge >= 0.3 is 6.36 Å². The van der Waals surface area contributed by atoms with Crippen molar-refractivity contribution in [1.29, 1.82) is 0 Å². The molecule has 1 heterocycles. The molecular weight excluding hydrogens is 333 g/mol. The van der Waals surface area contributed by atoms with Crippen molar-refractivity contribution in [1.82, 2.24) is 0 Å². The van der Waals surface area contributed by atoms with Crippen LogP contribution in [0, 0.1) is 0 Å². The zero-order valence-electron chi connectivity index (χ0n) is 13.3. The van der Waals surface area contributed by atoms with E-state index in [0.717, 1.165) is 43.8 Å². The molecule has 7 heteroatoms. The smallest absolute Gasteiger partial charge is 0.406 e. The molecule has 0 saturated carbocycles. The summed E-state index contributed by atoms with van der Waals surface area (Å²) in [6.07, 6.45) is -2.45. The van der Waals surface area contributed by atoms with E-state index in [0.29, 0.717) is 11.3 Å². The largest absolute Gasteiger partial charge is 0.573 e. The van der Waals surface area contributed by atoms with Gasteiger partial charge in [0, 0.05) is 30.0 Å². The Hall–Kier alpha value is -2.70. The second-order valence-electron chi connectivity index (χ2n) is 5.77. The third kappa shape index (κ3) is 4.65. The van der Waals surface area contributed by atoms with Gasteiger partial charge in [-0.2, -0.15) is 0 Å². The van der Waals surface area contributed by atoms with E-state index in [1.54, 1.807) is 6.07 Å². The molecule has 0 spiro atoms. The summed E-state index contributed by atoms with van der Waals surface area (Å²) in [7, 11) is 0. The number of carbonyl (C=O) groups is 1. The fourth-order valence-electron chi connectivity index (χ4n) is 2.76. The van der Waals surface area contributed by atoms with Crippen molar-refractivity contribution in [3.63, 3.8) is 0 Å². The molecule has 1 aliphatic heterocycles. The number of amides is 1. The molecule has 0 radical (unpaired) electrons. The highest BCUT2D eigenvalue weighted by Crippen LogP contribution is 2.25. The minimum absolute atomic E-state index is 0.314. The van der Waals surface area contributed by atoms with Crippen LogP contribution >= 0.6 is 0 Å². The highest BCUT2D eigenvalue weighted by Gasteiger charge is 2.30. The lowest BCUT2D eigenvalue weighted by atomic mass is 10.1. The highest BCUT2D eigenvalue weighted by molar-refractivity contribution is 6.04. The van der Waals surface area contributed by atoms with Crippen LogP contribution in [0.2, 0.25) is 0 Å². The Morgan fingerprint density at radius 1 is 1.04 bits per heavy atom. The third-order valence-corrected chi connectivity index (χ3v) is 3.93. The fourth-order valence-corrected chi connectivity index (χ4v) is 2.76. The Morgan fingerprint density at radius 2 is 1.72 bits per heavy atom. The van der Waals surface area contributed by atoms with Crippen molar-refractivity contribution in [2.45, 2.75) is 19.2 Å². The molecule has 1 amide bonds. The Bertz CT molecular complexity index is 739. The Labute approximate surface area is 143 Å². The molecular formula is C18H17F3N2O2.